The van der Waals surface area contributed by atoms with E-state index in [1.807, 2.05) is 36.9 Å². The van der Waals surface area contributed by atoms with Crippen LogP contribution in [0.1, 0.15) is 83.3 Å². The van der Waals surface area contributed by atoms with Crippen LogP contribution in [0.4, 0.5) is 0 Å². The van der Waals surface area contributed by atoms with Crippen molar-refractivity contribution in [1.82, 2.24) is 0 Å². The van der Waals surface area contributed by atoms with E-state index in [-0.39, 0.29) is 5.97 Å². The molecule has 3 rings (SSSR count). The zero-order chi connectivity index (χ0) is 25.1. The van der Waals surface area contributed by atoms with E-state index >= 15 is 0 Å². The van der Waals surface area contributed by atoms with E-state index in [0.717, 1.165) is 6.42 Å². The second-order valence-corrected chi connectivity index (χ2v) is 9.99. The summed E-state index contributed by atoms with van der Waals surface area (Å²) in [6, 6.07) is 27.3. The van der Waals surface area contributed by atoms with Crippen molar-refractivity contribution in [3.8, 4) is 5.75 Å². The molecule has 0 unspecified atom stereocenters. The van der Waals surface area contributed by atoms with Gasteiger partial charge in [0.15, 0.2) is 0 Å². The predicted octanol–water partition coefficient (Wildman–Crippen LogP) is 9.70. The first-order valence-corrected chi connectivity index (χ1v) is 14.1. The summed E-state index contributed by atoms with van der Waals surface area (Å²) in [7, 11) is 0. The molecule has 0 saturated heterocycles. The monoisotopic (exact) mass is 490 g/mol. The number of carbonyl (C=O) groups excluding carboxylic acids is 1. The van der Waals surface area contributed by atoms with Gasteiger partial charge in [0, 0.05) is 16.2 Å². The Labute approximate surface area is 217 Å². The first-order valence-electron chi connectivity index (χ1n) is 13.3. The predicted molar refractivity (Wildman–Crippen MR) is 150 cm³/mol. The minimum Gasteiger partial charge on any atom is -0.427 e. The molecule has 0 heterocycles. The van der Waals surface area contributed by atoms with Gasteiger partial charge >= 0.3 is 5.97 Å². The zero-order valence-corrected chi connectivity index (χ0v) is 22.6. The van der Waals surface area contributed by atoms with Crippen LogP contribution < -0.4 is 4.74 Å². The number of rotatable bonds is 13. The van der Waals surface area contributed by atoms with Crippen LogP contribution in [0.5, 0.6) is 5.75 Å². The van der Waals surface area contributed by atoms with Crippen LogP contribution in [-0.2, 0) is 17.6 Å². The normalized spacial score (nSPS) is 10.4. The lowest BCUT2D eigenvalue weighted by Crippen LogP contribution is -2.06. The Bertz CT molecular complexity index is 882. The number of ether oxygens (including phenoxy) is 1. The molecule has 0 aliphatic rings. The third-order valence-electron chi connectivity index (χ3n) is 5.65. The van der Waals surface area contributed by atoms with Gasteiger partial charge in [-0.2, -0.15) is 0 Å². The summed E-state index contributed by atoms with van der Waals surface area (Å²) in [5.74, 6) is 0.458. The number of carbonyl (C=O) groups is 1. The Balaban J connectivity index is 0.000000303. The zero-order valence-electron chi connectivity index (χ0n) is 21.8. The molecule has 35 heavy (non-hydrogen) atoms. The highest BCUT2D eigenvalue weighted by molar-refractivity contribution is 7.99. The molecule has 0 aromatic heterocycles. The van der Waals surface area contributed by atoms with Crippen LogP contribution in [0.3, 0.4) is 0 Å². The molecule has 3 aromatic carbocycles. The fourth-order valence-corrected chi connectivity index (χ4v) is 4.43. The van der Waals surface area contributed by atoms with E-state index in [9.17, 15) is 4.79 Å². The second-order valence-electron chi connectivity index (χ2n) is 8.84. The van der Waals surface area contributed by atoms with E-state index in [4.69, 9.17) is 4.74 Å². The first-order chi connectivity index (χ1) is 17.1. The number of unbranched alkanes of at least 4 members (excludes halogenated alkanes) is 4. The number of esters is 1. The van der Waals surface area contributed by atoms with Crippen LogP contribution >= 0.6 is 11.8 Å². The molecule has 0 atom stereocenters. The number of para-hydroxylation sites is 1. The van der Waals surface area contributed by atoms with Gasteiger partial charge in [0.2, 0.25) is 0 Å². The number of aryl methyl sites for hydroxylation is 2. The lowest BCUT2D eigenvalue weighted by molar-refractivity contribution is -0.134. The summed E-state index contributed by atoms with van der Waals surface area (Å²) in [5, 5.41) is 0. The molecular formula is C32H42O2S. The lowest BCUT2D eigenvalue weighted by atomic mass is 10.1. The first kappa shape index (κ1) is 28.7. The van der Waals surface area contributed by atoms with Crippen LogP contribution in [0.15, 0.2) is 88.7 Å². The number of hydrogen-bond donors (Lipinski definition) is 0. The van der Waals surface area contributed by atoms with E-state index < -0.39 is 0 Å². The smallest absolute Gasteiger partial charge is 0.311 e. The summed E-state index contributed by atoms with van der Waals surface area (Å²) >= 11 is 1.86. The van der Waals surface area contributed by atoms with Crippen molar-refractivity contribution in [1.29, 1.82) is 0 Å². The molecule has 2 nitrogen and oxygen atoms in total. The molecule has 0 saturated carbocycles. The van der Waals surface area contributed by atoms with Gasteiger partial charge in [-0.1, -0.05) is 101 Å². The van der Waals surface area contributed by atoms with Gasteiger partial charge in [0.05, 0.1) is 0 Å². The SMILES string of the molecule is CCCC(=O)Oc1ccccc1.CCCCCc1ccc(Sc2ccc(CCCCC)cc2)cc1. The highest BCUT2D eigenvalue weighted by Gasteiger charge is 2.01. The third kappa shape index (κ3) is 12.7. The van der Waals surface area contributed by atoms with Crippen molar-refractivity contribution in [2.45, 2.75) is 94.8 Å². The molecule has 188 valence electrons. The Kier molecular flexibility index (Phi) is 14.6. The van der Waals surface area contributed by atoms with Crippen molar-refractivity contribution in [2.75, 3.05) is 0 Å². The summed E-state index contributed by atoms with van der Waals surface area (Å²) < 4.78 is 5.02. The van der Waals surface area contributed by atoms with Gasteiger partial charge in [-0.15, -0.1) is 0 Å². The molecule has 3 heteroatoms. The molecule has 0 aliphatic heterocycles. The highest BCUT2D eigenvalue weighted by atomic mass is 32.2. The maximum Gasteiger partial charge on any atom is 0.311 e. The summed E-state index contributed by atoms with van der Waals surface area (Å²) in [6.07, 6.45) is 11.6. The fourth-order valence-electron chi connectivity index (χ4n) is 3.62. The Hall–Kier alpha value is -2.52. The van der Waals surface area contributed by atoms with E-state index in [2.05, 4.69) is 62.4 Å². The van der Waals surface area contributed by atoms with Crippen LogP contribution in [0, 0.1) is 0 Å². The van der Waals surface area contributed by atoms with Gasteiger partial charge < -0.3 is 4.74 Å². The molecule has 0 amide bonds. The molecule has 0 spiro atoms. The lowest BCUT2D eigenvalue weighted by Gasteiger charge is -2.06. The third-order valence-corrected chi connectivity index (χ3v) is 6.67. The van der Waals surface area contributed by atoms with Gasteiger partial charge in [-0.3, -0.25) is 4.79 Å². The van der Waals surface area contributed by atoms with Crippen LogP contribution in [-0.4, -0.2) is 5.97 Å². The summed E-state index contributed by atoms with van der Waals surface area (Å²) in [6.45, 7) is 6.47. The second kappa shape index (κ2) is 17.8. The molecule has 3 aromatic rings. The van der Waals surface area contributed by atoms with Crippen molar-refractivity contribution < 1.29 is 9.53 Å². The van der Waals surface area contributed by atoms with Crippen molar-refractivity contribution in [3.05, 3.63) is 90.0 Å². The number of hydrogen-bond acceptors (Lipinski definition) is 3. The van der Waals surface area contributed by atoms with E-state index in [1.54, 1.807) is 12.1 Å². The molecule has 0 radical (unpaired) electrons. The van der Waals surface area contributed by atoms with Crippen molar-refractivity contribution in [3.63, 3.8) is 0 Å². The average molecular weight is 491 g/mol. The fraction of sp³-hybridized carbons (Fsp3) is 0.406. The largest absolute Gasteiger partial charge is 0.427 e. The number of benzene rings is 3. The van der Waals surface area contributed by atoms with Gasteiger partial charge in [0.1, 0.15) is 5.75 Å². The summed E-state index contributed by atoms with van der Waals surface area (Å²) in [4.78, 5) is 13.7. The van der Waals surface area contributed by atoms with Crippen molar-refractivity contribution >= 4 is 17.7 Å². The maximum absolute atomic E-state index is 11.0. The van der Waals surface area contributed by atoms with Crippen molar-refractivity contribution in [2.24, 2.45) is 0 Å². The van der Waals surface area contributed by atoms with Crippen LogP contribution in [0.25, 0.3) is 0 Å². The topological polar surface area (TPSA) is 26.3 Å². The minimum atomic E-state index is -0.163. The molecular weight excluding hydrogens is 448 g/mol. The maximum atomic E-state index is 11.0. The van der Waals surface area contributed by atoms with Gasteiger partial charge in [0.25, 0.3) is 0 Å². The standard InChI is InChI=1S/C22H30S.C10H12O2/c1-3-5-7-9-19-11-15-21(16-12-19)23-22-17-13-20(14-18-22)10-8-6-4-2;1-2-6-10(11)12-9-7-4-3-5-8-9/h11-18H,3-10H2,1-2H3;3-5,7-8H,2,6H2,1H3. The Morgan fingerprint density at radius 2 is 1.11 bits per heavy atom. The highest BCUT2D eigenvalue weighted by Crippen LogP contribution is 2.28. The molecule has 0 aliphatic carbocycles. The molecule has 0 bridgehead atoms. The quantitative estimate of drug-likeness (QED) is 0.135. The average Bonchev–Trinajstić information content (AvgIpc) is 2.88. The van der Waals surface area contributed by atoms with E-state index in [0.29, 0.717) is 12.2 Å². The summed E-state index contributed by atoms with van der Waals surface area (Å²) in [5.41, 5.74) is 2.93. The molecule has 0 N–H and O–H groups in total. The molecule has 0 fully saturated rings. The van der Waals surface area contributed by atoms with E-state index in [1.165, 1.54) is 72.3 Å². The van der Waals surface area contributed by atoms with Gasteiger partial charge in [-0.25, -0.2) is 0 Å². The minimum absolute atomic E-state index is 0.163. The van der Waals surface area contributed by atoms with Gasteiger partial charge in [-0.05, 0) is 79.6 Å². The Morgan fingerprint density at radius 3 is 1.54 bits per heavy atom. The Morgan fingerprint density at radius 1 is 0.629 bits per heavy atom. The van der Waals surface area contributed by atoms with Crippen LogP contribution in [0.2, 0.25) is 0 Å².